The van der Waals surface area contributed by atoms with Crippen LogP contribution in [0.3, 0.4) is 0 Å². The third kappa shape index (κ3) is 3.26. The van der Waals surface area contributed by atoms with Crippen LogP contribution in [-0.2, 0) is 4.79 Å². The number of carbonyl (C=O) groups excluding carboxylic acids is 2. The fourth-order valence-corrected chi connectivity index (χ4v) is 4.26. The molecule has 0 bridgehead atoms. The molecule has 3 heterocycles. The van der Waals surface area contributed by atoms with Gasteiger partial charge in [-0.05, 0) is 44.6 Å². The molecule has 7 heteroatoms. The van der Waals surface area contributed by atoms with Crippen molar-refractivity contribution in [3.8, 4) is 0 Å². The molecule has 2 fully saturated rings. The maximum atomic E-state index is 12.4. The van der Waals surface area contributed by atoms with Crippen molar-refractivity contribution in [3.63, 3.8) is 0 Å². The molecule has 1 unspecified atom stereocenters. The lowest BCUT2D eigenvalue weighted by Gasteiger charge is -2.35. The van der Waals surface area contributed by atoms with Gasteiger partial charge >= 0.3 is 0 Å². The van der Waals surface area contributed by atoms with Crippen molar-refractivity contribution in [2.45, 2.75) is 45.2 Å². The highest BCUT2D eigenvalue weighted by molar-refractivity contribution is 7.06. The van der Waals surface area contributed by atoms with E-state index >= 15 is 0 Å². The second-order valence-corrected chi connectivity index (χ2v) is 7.52. The Bertz CT molecular complexity index is 588. The maximum absolute atomic E-state index is 12.4. The monoisotopic (exact) mass is 336 g/mol. The number of rotatable bonds is 3. The fraction of sp³-hybridized carbons (Fsp3) is 0.688. The van der Waals surface area contributed by atoms with Gasteiger partial charge in [-0.1, -0.05) is 0 Å². The summed E-state index contributed by atoms with van der Waals surface area (Å²) >= 11 is 1.38. The van der Waals surface area contributed by atoms with Crippen LogP contribution >= 0.6 is 11.5 Å². The Morgan fingerprint density at radius 3 is 2.43 bits per heavy atom. The summed E-state index contributed by atoms with van der Waals surface area (Å²) in [5.74, 6) is 0.229. The van der Waals surface area contributed by atoms with Gasteiger partial charge in [0.05, 0.1) is 17.3 Å². The molecule has 126 valence electrons. The lowest BCUT2D eigenvalue weighted by molar-refractivity contribution is -0.131. The van der Waals surface area contributed by atoms with E-state index < -0.39 is 0 Å². The van der Waals surface area contributed by atoms with Crippen molar-refractivity contribution in [3.05, 3.63) is 16.1 Å². The molecule has 0 radical (unpaired) electrons. The molecule has 2 aliphatic rings. The summed E-state index contributed by atoms with van der Waals surface area (Å²) in [6.45, 7) is 6.40. The molecule has 2 amide bonds. The topological polar surface area (TPSA) is 65.5 Å². The lowest BCUT2D eigenvalue weighted by Crippen LogP contribution is -2.50. The van der Waals surface area contributed by atoms with Crippen molar-refractivity contribution in [1.82, 2.24) is 19.5 Å². The predicted molar refractivity (Wildman–Crippen MR) is 89.7 cm³/mol. The summed E-state index contributed by atoms with van der Waals surface area (Å²) in [5, 5.41) is 3.14. The Kier molecular flexibility index (Phi) is 4.68. The van der Waals surface area contributed by atoms with Crippen molar-refractivity contribution in [1.29, 1.82) is 0 Å². The summed E-state index contributed by atoms with van der Waals surface area (Å²) in [4.78, 5) is 29.6. The minimum absolute atomic E-state index is 0.0103. The molecular weight excluding hydrogens is 312 g/mol. The second-order valence-electron chi connectivity index (χ2n) is 6.55. The normalized spacial score (nSPS) is 23.5. The molecule has 23 heavy (non-hydrogen) atoms. The van der Waals surface area contributed by atoms with Crippen LogP contribution in [-0.4, -0.2) is 64.8 Å². The molecule has 0 saturated carbocycles. The van der Waals surface area contributed by atoms with E-state index in [1.807, 2.05) is 25.8 Å². The van der Waals surface area contributed by atoms with E-state index in [2.05, 4.69) is 14.6 Å². The third-order valence-electron chi connectivity index (χ3n) is 4.97. The van der Waals surface area contributed by atoms with Crippen LogP contribution in [0.15, 0.2) is 0 Å². The highest BCUT2D eigenvalue weighted by atomic mass is 32.1. The first kappa shape index (κ1) is 16.4. The summed E-state index contributed by atoms with van der Waals surface area (Å²) in [5.41, 5.74) is 1.53. The van der Waals surface area contributed by atoms with Crippen molar-refractivity contribution < 1.29 is 9.59 Å². The van der Waals surface area contributed by atoms with Crippen molar-refractivity contribution in [2.24, 2.45) is 0 Å². The van der Waals surface area contributed by atoms with E-state index in [-0.39, 0.29) is 23.9 Å². The lowest BCUT2D eigenvalue weighted by atomic mass is 10.0. The van der Waals surface area contributed by atoms with Crippen LogP contribution in [0, 0.1) is 13.8 Å². The van der Waals surface area contributed by atoms with Crippen LogP contribution in [0.1, 0.15) is 40.2 Å². The van der Waals surface area contributed by atoms with Gasteiger partial charge in [-0.25, -0.2) is 0 Å². The first-order valence-corrected chi connectivity index (χ1v) is 8.97. The average Bonchev–Trinajstić information content (AvgIpc) is 3.03. The Morgan fingerprint density at radius 2 is 1.91 bits per heavy atom. The molecule has 1 aromatic rings. The molecule has 1 N–H and O–H groups in total. The van der Waals surface area contributed by atoms with Gasteiger partial charge in [0.1, 0.15) is 0 Å². The quantitative estimate of drug-likeness (QED) is 0.900. The number of carbonyl (C=O) groups is 2. The molecule has 0 aromatic carbocycles. The Hall–Kier alpha value is -1.47. The third-order valence-corrected chi connectivity index (χ3v) is 5.81. The van der Waals surface area contributed by atoms with Gasteiger partial charge in [0.2, 0.25) is 5.91 Å². The zero-order valence-electron chi connectivity index (χ0n) is 14.0. The van der Waals surface area contributed by atoms with Crippen LogP contribution < -0.4 is 5.32 Å². The summed E-state index contributed by atoms with van der Waals surface area (Å²) in [6.07, 6.45) is 2.72. The van der Waals surface area contributed by atoms with Gasteiger partial charge in [0.15, 0.2) is 0 Å². The number of hydrogen-bond acceptors (Lipinski definition) is 5. The number of nitrogens with zero attached hydrogens (tertiary/aromatic N) is 3. The standard InChI is InChI=1S/C16H24N4O2S/c1-10-14(11(2)23-18-10)15(21)17-12-4-8-20(9-5-12)13-6-7-19(3)16(13)22/h12-13H,4-9H2,1-3H3,(H,17,21). The highest BCUT2D eigenvalue weighted by Crippen LogP contribution is 2.22. The first-order valence-electron chi connectivity index (χ1n) is 8.20. The Morgan fingerprint density at radius 1 is 1.22 bits per heavy atom. The van der Waals surface area contributed by atoms with Gasteiger partial charge in [0.25, 0.3) is 5.91 Å². The largest absolute Gasteiger partial charge is 0.349 e. The molecule has 6 nitrogen and oxygen atoms in total. The van der Waals surface area contributed by atoms with E-state index in [0.29, 0.717) is 0 Å². The summed E-state index contributed by atoms with van der Waals surface area (Å²) < 4.78 is 4.24. The number of aryl methyl sites for hydroxylation is 2. The minimum atomic E-state index is -0.0103. The van der Waals surface area contributed by atoms with Gasteiger partial charge in [0, 0.05) is 37.6 Å². The molecule has 1 aromatic heterocycles. The zero-order valence-corrected chi connectivity index (χ0v) is 14.8. The zero-order chi connectivity index (χ0) is 16.6. The Balaban J connectivity index is 1.54. The number of likely N-dealkylation sites (N-methyl/N-ethyl adjacent to an activating group) is 1. The smallest absolute Gasteiger partial charge is 0.254 e. The van der Waals surface area contributed by atoms with Crippen molar-refractivity contribution in [2.75, 3.05) is 26.7 Å². The maximum Gasteiger partial charge on any atom is 0.254 e. The minimum Gasteiger partial charge on any atom is -0.349 e. The molecule has 3 rings (SSSR count). The van der Waals surface area contributed by atoms with Crippen LogP contribution in [0.4, 0.5) is 0 Å². The van der Waals surface area contributed by atoms with Crippen LogP contribution in [0.2, 0.25) is 0 Å². The van der Waals surface area contributed by atoms with Gasteiger partial charge in [-0.3, -0.25) is 14.5 Å². The van der Waals surface area contributed by atoms with E-state index in [0.717, 1.165) is 55.0 Å². The summed E-state index contributed by atoms with van der Waals surface area (Å²) in [7, 11) is 1.87. The van der Waals surface area contributed by atoms with E-state index in [9.17, 15) is 9.59 Å². The van der Waals surface area contributed by atoms with Gasteiger partial charge in [-0.2, -0.15) is 4.37 Å². The second kappa shape index (κ2) is 6.57. The SMILES string of the molecule is Cc1nsc(C)c1C(=O)NC1CCN(C2CCN(C)C2=O)CC1. The fourth-order valence-electron chi connectivity index (χ4n) is 3.56. The number of nitrogens with one attached hydrogen (secondary N) is 1. The molecular formula is C16H24N4O2S. The molecule has 0 spiro atoms. The number of likely N-dealkylation sites (tertiary alicyclic amines) is 2. The van der Waals surface area contributed by atoms with E-state index in [1.165, 1.54) is 11.5 Å². The summed E-state index contributed by atoms with van der Waals surface area (Å²) in [6, 6.07) is 0.230. The predicted octanol–water partition coefficient (Wildman–Crippen LogP) is 1.18. The van der Waals surface area contributed by atoms with Gasteiger partial charge < -0.3 is 10.2 Å². The number of piperidine rings is 1. The molecule has 2 saturated heterocycles. The first-order chi connectivity index (χ1) is 11.0. The molecule has 1 atom stereocenters. The van der Waals surface area contributed by atoms with Crippen molar-refractivity contribution >= 4 is 23.3 Å². The van der Waals surface area contributed by atoms with Crippen LogP contribution in [0.5, 0.6) is 0 Å². The number of amides is 2. The highest BCUT2D eigenvalue weighted by Gasteiger charge is 2.36. The number of aromatic nitrogens is 1. The number of hydrogen-bond donors (Lipinski definition) is 1. The van der Waals surface area contributed by atoms with Crippen LogP contribution in [0.25, 0.3) is 0 Å². The van der Waals surface area contributed by atoms with Gasteiger partial charge in [-0.15, -0.1) is 0 Å². The van der Waals surface area contributed by atoms with E-state index in [4.69, 9.17) is 0 Å². The Labute approximate surface area is 141 Å². The van der Waals surface area contributed by atoms with E-state index in [1.54, 1.807) is 0 Å². The molecule has 0 aliphatic carbocycles. The average molecular weight is 336 g/mol. The molecule has 2 aliphatic heterocycles.